The molecule has 0 aliphatic rings. The van der Waals surface area contributed by atoms with Crippen molar-refractivity contribution in [3.05, 3.63) is 42.2 Å². The van der Waals surface area contributed by atoms with Gasteiger partial charge in [-0.05, 0) is 24.1 Å². The van der Waals surface area contributed by atoms with Crippen molar-refractivity contribution in [2.24, 2.45) is 0 Å². The van der Waals surface area contributed by atoms with Crippen molar-refractivity contribution in [2.45, 2.75) is 19.8 Å². The number of carbonyl (C=O) groups excluding carboxylic acids is 1. The summed E-state index contributed by atoms with van der Waals surface area (Å²) in [6.07, 6.45) is 0.933. The van der Waals surface area contributed by atoms with Crippen LogP contribution in [-0.2, 0) is 11.2 Å². The zero-order valence-corrected chi connectivity index (χ0v) is 8.63. The van der Waals surface area contributed by atoms with Crippen LogP contribution >= 0.6 is 0 Å². The Bertz CT molecular complexity index is 354. The molecule has 0 heterocycles. The van der Waals surface area contributed by atoms with Crippen LogP contribution in [-0.4, -0.2) is 5.97 Å². The normalized spacial score (nSPS) is 9.73. The third kappa shape index (κ3) is 4.40. The van der Waals surface area contributed by atoms with Crippen molar-refractivity contribution in [3.8, 4) is 5.75 Å². The molecule has 80 valence electrons. The summed E-state index contributed by atoms with van der Waals surface area (Å²) < 4.78 is 17.2. The van der Waals surface area contributed by atoms with Gasteiger partial charge >= 0.3 is 5.97 Å². The van der Waals surface area contributed by atoms with Crippen LogP contribution in [0.3, 0.4) is 0 Å². The Morgan fingerprint density at radius 1 is 1.40 bits per heavy atom. The number of hydrogen-bond acceptors (Lipinski definition) is 2. The Hall–Kier alpha value is -1.64. The summed E-state index contributed by atoms with van der Waals surface area (Å²) in [4.78, 5) is 10.6. The highest BCUT2D eigenvalue weighted by atomic mass is 19.1. The first kappa shape index (κ1) is 11.4. The van der Waals surface area contributed by atoms with E-state index >= 15 is 0 Å². The van der Waals surface area contributed by atoms with Gasteiger partial charge in [0, 0.05) is 13.3 Å². The molecule has 0 amide bonds. The van der Waals surface area contributed by atoms with Gasteiger partial charge in [-0.25, -0.2) is 4.39 Å². The molecule has 0 N–H and O–H groups in total. The zero-order chi connectivity index (χ0) is 11.3. The van der Waals surface area contributed by atoms with Crippen LogP contribution in [0.5, 0.6) is 5.75 Å². The summed E-state index contributed by atoms with van der Waals surface area (Å²) >= 11 is 0. The highest BCUT2D eigenvalue weighted by Gasteiger charge is 1.99. The second-order valence-electron chi connectivity index (χ2n) is 3.25. The smallest absolute Gasteiger partial charge is 0.308 e. The molecule has 15 heavy (non-hydrogen) atoms. The molecule has 0 unspecified atom stereocenters. The molecule has 0 radical (unpaired) electrons. The minimum absolute atomic E-state index is 0.320. The number of halogens is 1. The molecular formula is C12H13FO2. The van der Waals surface area contributed by atoms with E-state index in [0.29, 0.717) is 18.6 Å². The third-order valence-corrected chi connectivity index (χ3v) is 1.87. The molecule has 3 heteroatoms. The predicted octanol–water partition coefficient (Wildman–Crippen LogP) is 3.03. The third-order valence-electron chi connectivity index (χ3n) is 1.87. The number of esters is 1. The van der Waals surface area contributed by atoms with E-state index in [9.17, 15) is 9.18 Å². The Kier molecular flexibility index (Phi) is 4.03. The molecule has 0 saturated carbocycles. The quantitative estimate of drug-likeness (QED) is 0.561. The first-order chi connectivity index (χ1) is 7.08. The lowest BCUT2D eigenvalue weighted by Gasteiger charge is -2.03. The van der Waals surface area contributed by atoms with Crippen LogP contribution in [0.15, 0.2) is 36.7 Å². The molecule has 0 atom stereocenters. The van der Waals surface area contributed by atoms with Gasteiger partial charge in [-0.15, -0.1) is 0 Å². The van der Waals surface area contributed by atoms with E-state index in [-0.39, 0.29) is 11.8 Å². The van der Waals surface area contributed by atoms with Gasteiger partial charge in [-0.3, -0.25) is 4.79 Å². The standard InChI is InChI=1S/C12H13FO2/c1-9(13)3-4-11-5-7-12(8-6-11)15-10(2)14/h5-8H,1,3-4H2,2H3. The van der Waals surface area contributed by atoms with E-state index in [4.69, 9.17) is 4.74 Å². The van der Waals surface area contributed by atoms with Crippen LogP contribution in [0.4, 0.5) is 4.39 Å². The summed E-state index contributed by atoms with van der Waals surface area (Å²) in [6.45, 7) is 4.54. The fourth-order valence-electron chi connectivity index (χ4n) is 1.17. The van der Waals surface area contributed by atoms with Crippen LogP contribution < -0.4 is 4.74 Å². The minimum Gasteiger partial charge on any atom is -0.427 e. The maximum Gasteiger partial charge on any atom is 0.308 e. The highest BCUT2D eigenvalue weighted by molar-refractivity contribution is 5.69. The maximum atomic E-state index is 12.4. The van der Waals surface area contributed by atoms with Crippen LogP contribution in [0, 0.1) is 0 Å². The monoisotopic (exact) mass is 208 g/mol. The molecule has 0 spiro atoms. The van der Waals surface area contributed by atoms with E-state index in [0.717, 1.165) is 5.56 Å². The first-order valence-electron chi connectivity index (χ1n) is 4.68. The number of aryl methyl sites for hydroxylation is 1. The van der Waals surface area contributed by atoms with Gasteiger partial charge in [0.25, 0.3) is 0 Å². The van der Waals surface area contributed by atoms with Crippen molar-refractivity contribution in [1.29, 1.82) is 0 Å². The second kappa shape index (κ2) is 5.29. The molecule has 1 aromatic carbocycles. The van der Waals surface area contributed by atoms with Gasteiger partial charge in [-0.1, -0.05) is 18.7 Å². The summed E-state index contributed by atoms with van der Waals surface area (Å²) in [5.74, 6) is -0.163. The van der Waals surface area contributed by atoms with Crippen LogP contribution in [0.25, 0.3) is 0 Å². The molecule has 1 aromatic rings. The molecule has 0 aliphatic carbocycles. The SMILES string of the molecule is C=C(F)CCc1ccc(OC(C)=O)cc1. The summed E-state index contributed by atoms with van der Waals surface area (Å²) in [5, 5.41) is 0. The van der Waals surface area contributed by atoms with Crippen molar-refractivity contribution in [3.63, 3.8) is 0 Å². The first-order valence-corrected chi connectivity index (χ1v) is 4.68. The van der Waals surface area contributed by atoms with Gasteiger partial charge in [-0.2, -0.15) is 0 Å². The molecular weight excluding hydrogens is 195 g/mol. The fourth-order valence-corrected chi connectivity index (χ4v) is 1.17. The number of hydrogen-bond donors (Lipinski definition) is 0. The number of benzene rings is 1. The van der Waals surface area contributed by atoms with Crippen molar-refractivity contribution in [2.75, 3.05) is 0 Å². The molecule has 0 bridgehead atoms. The zero-order valence-electron chi connectivity index (χ0n) is 8.63. The second-order valence-corrected chi connectivity index (χ2v) is 3.25. The minimum atomic E-state index is -0.347. The molecule has 0 saturated heterocycles. The lowest BCUT2D eigenvalue weighted by molar-refractivity contribution is -0.131. The summed E-state index contributed by atoms with van der Waals surface area (Å²) in [5.41, 5.74) is 0.990. The number of carbonyl (C=O) groups is 1. The molecule has 0 aliphatic heterocycles. The van der Waals surface area contributed by atoms with Crippen LogP contribution in [0.1, 0.15) is 18.9 Å². The fraction of sp³-hybridized carbons (Fsp3) is 0.250. The highest BCUT2D eigenvalue weighted by Crippen LogP contribution is 2.15. The summed E-state index contributed by atoms with van der Waals surface area (Å²) in [6, 6.07) is 7.00. The van der Waals surface area contributed by atoms with Crippen molar-refractivity contribution in [1.82, 2.24) is 0 Å². The van der Waals surface area contributed by atoms with Crippen molar-refractivity contribution < 1.29 is 13.9 Å². The van der Waals surface area contributed by atoms with Gasteiger partial charge in [0.05, 0.1) is 5.83 Å². The van der Waals surface area contributed by atoms with E-state index < -0.39 is 0 Å². The topological polar surface area (TPSA) is 26.3 Å². The average molecular weight is 208 g/mol. The molecule has 0 fully saturated rings. The van der Waals surface area contributed by atoms with E-state index in [2.05, 4.69) is 6.58 Å². The van der Waals surface area contributed by atoms with Gasteiger partial charge < -0.3 is 4.74 Å². The lowest BCUT2D eigenvalue weighted by Crippen LogP contribution is -2.01. The lowest BCUT2D eigenvalue weighted by atomic mass is 10.1. The number of allylic oxidation sites excluding steroid dienone is 1. The molecule has 1 rings (SSSR count). The van der Waals surface area contributed by atoms with Gasteiger partial charge in [0.15, 0.2) is 0 Å². The predicted molar refractivity (Wildman–Crippen MR) is 56.3 cm³/mol. The summed E-state index contributed by atoms with van der Waals surface area (Å²) in [7, 11) is 0. The van der Waals surface area contributed by atoms with E-state index in [1.807, 2.05) is 0 Å². The molecule has 2 nitrogen and oxygen atoms in total. The Morgan fingerprint density at radius 2 is 2.00 bits per heavy atom. The molecule has 0 aromatic heterocycles. The number of ether oxygens (including phenoxy) is 1. The average Bonchev–Trinajstić information content (AvgIpc) is 2.16. The Morgan fingerprint density at radius 3 is 2.47 bits per heavy atom. The van der Waals surface area contributed by atoms with E-state index in [1.54, 1.807) is 24.3 Å². The van der Waals surface area contributed by atoms with Gasteiger partial charge in [0.2, 0.25) is 0 Å². The van der Waals surface area contributed by atoms with Crippen LogP contribution in [0.2, 0.25) is 0 Å². The largest absolute Gasteiger partial charge is 0.427 e. The van der Waals surface area contributed by atoms with Gasteiger partial charge in [0.1, 0.15) is 5.75 Å². The van der Waals surface area contributed by atoms with Crippen molar-refractivity contribution >= 4 is 5.97 Å². The maximum absolute atomic E-state index is 12.4. The van der Waals surface area contributed by atoms with E-state index in [1.165, 1.54) is 6.92 Å². The number of rotatable bonds is 4. The Balaban J connectivity index is 2.56. The Labute approximate surface area is 88.4 Å².